The van der Waals surface area contributed by atoms with Gasteiger partial charge in [0.15, 0.2) is 5.96 Å². The molecule has 1 saturated heterocycles. The predicted octanol–water partition coefficient (Wildman–Crippen LogP) is 2.82. The molecule has 0 amide bonds. The SMILES string of the molecule is CCNC(=NCc1ccccc1CN1CCN(CC)CC1)NC1CCCC1. The first kappa shape index (κ1) is 20.2. The van der Waals surface area contributed by atoms with Crippen molar-refractivity contribution in [2.75, 3.05) is 39.3 Å². The van der Waals surface area contributed by atoms with E-state index in [4.69, 9.17) is 4.99 Å². The summed E-state index contributed by atoms with van der Waals surface area (Å²) < 4.78 is 0. The number of aliphatic imine (C=N–C) groups is 1. The van der Waals surface area contributed by atoms with E-state index in [0.29, 0.717) is 6.04 Å². The van der Waals surface area contributed by atoms with Gasteiger partial charge in [0.25, 0.3) is 0 Å². The highest BCUT2D eigenvalue weighted by Gasteiger charge is 2.17. The molecule has 2 aliphatic rings. The highest BCUT2D eigenvalue weighted by Crippen LogP contribution is 2.18. The first-order chi connectivity index (χ1) is 13.3. The van der Waals surface area contributed by atoms with Crippen LogP contribution < -0.4 is 10.6 Å². The third-order valence-electron chi connectivity index (χ3n) is 5.87. The molecular weight excluding hydrogens is 334 g/mol. The maximum absolute atomic E-state index is 4.89. The van der Waals surface area contributed by atoms with Crippen LogP contribution in [0.5, 0.6) is 0 Å². The van der Waals surface area contributed by atoms with Crippen LogP contribution in [0.1, 0.15) is 50.7 Å². The van der Waals surface area contributed by atoms with E-state index >= 15 is 0 Å². The van der Waals surface area contributed by atoms with Crippen LogP contribution in [-0.2, 0) is 13.1 Å². The van der Waals surface area contributed by atoms with Crippen LogP contribution in [0.15, 0.2) is 29.3 Å². The summed E-state index contributed by atoms with van der Waals surface area (Å²) >= 11 is 0. The van der Waals surface area contributed by atoms with E-state index in [1.807, 2.05) is 0 Å². The summed E-state index contributed by atoms with van der Waals surface area (Å²) in [5.74, 6) is 0.968. The molecule has 1 aliphatic carbocycles. The Kier molecular flexibility index (Phi) is 7.96. The van der Waals surface area contributed by atoms with Crippen molar-refractivity contribution in [1.82, 2.24) is 20.4 Å². The van der Waals surface area contributed by atoms with Gasteiger partial charge in [0.05, 0.1) is 6.54 Å². The monoisotopic (exact) mass is 371 g/mol. The number of guanidine groups is 1. The minimum atomic E-state index is 0.591. The first-order valence-corrected chi connectivity index (χ1v) is 10.8. The molecule has 0 bridgehead atoms. The van der Waals surface area contributed by atoms with Crippen molar-refractivity contribution in [3.8, 4) is 0 Å². The average molecular weight is 372 g/mol. The van der Waals surface area contributed by atoms with E-state index in [2.05, 4.69) is 58.5 Å². The molecule has 27 heavy (non-hydrogen) atoms. The largest absolute Gasteiger partial charge is 0.357 e. The zero-order valence-electron chi connectivity index (χ0n) is 17.2. The number of hydrogen-bond acceptors (Lipinski definition) is 3. The minimum absolute atomic E-state index is 0.591. The first-order valence-electron chi connectivity index (χ1n) is 10.8. The maximum Gasteiger partial charge on any atom is 0.191 e. The smallest absolute Gasteiger partial charge is 0.191 e. The van der Waals surface area contributed by atoms with Gasteiger partial charge in [-0.15, -0.1) is 0 Å². The van der Waals surface area contributed by atoms with E-state index in [1.165, 1.54) is 56.4 Å². The molecule has 1 aromatic rings. The summed E-state index contributed by atoms with van der Waals surface area (Å²) in [6, 6.07) is 9.40. The number of hydrogen-bond donors (Lipinski definition) is 2. The quantitative estimate of drug-likeness (QED) is 0.571. The highest BCUT2D eigenvalue weighted by atomic mass is 15.3. The van der Waals surface area contributed by atoms with Crippen LogP contribution >= 0.6 is 0 Å². The molecule has 2 fully saturated rings. The topological polar surface area (TPSA) is 42.9 Å². The van der Waals surface area contributed by atoms with E-state index in [1.54, 1.807) is 0 Å². The van der Waals surface area contributed by atoms with E-state index < -0.39 is 0 Å². The second-order valence-electron chi connectivity index (χ2n) is 7.80. The molecule has 0 aromatic heterocycles. The third kappa shape index (κ3) is 6.22. The van der Waals surface area contributed by atoms with Crippen molar-refractivity contribution in [3.63, 3.8) is 0 Å². The molecule has 3 rings (SSSR count). The van der Waals surface area contributed by atoms with Crippen LogP contribution in [0.25, 0.3) is 0 Å². The van der Waals surface area contributed by atoms with Gasteiger partial charge in [0, 0.05) is 45.3 Å². The molecule has 0 unspecified atom stereocenters. The average Bonchev–Trinajstić information content (AvgIpc) is 3.21. The van der Waals surface area contributed by atoms with Crippen molar-refractivity contribution in [2.24, 2.45) is 4.99 Å². The molecule has 1 aromatic carbocycles. The number of benzene rings is 1. The molecule has 5 nitrogen and oxygen atoms in total. The van der Waals surface area contributed by atoms with Crippen LogP contribution in [0.3, 0.4) is 0 Å². The summed E-state index contributed by atoms with van der Waals surface area (Å²) in [4.78, 5) is 10.0. The Morgan fingerprint density at radius 2 is 1.67 bits per heavy atom. The summed E-state index contributed by atoms with van der Waals surface area (Å²) in [6.45, 7) is 12.9. The number of piperazine rings is 1. The van der Waals surface area contributed by atoms with Crippen molar-refractivity contribution in [2.45, 2.75) is 58.7 Å². The van der Waals surface area contributed by atoms with E-state index in [-0.39, 0.29) is 0 Å². The van der Waals surface area contributed by atoms with Crippen LogP contribution in [-0.4, -0.2) is 61.1 Å². The molecule has 1 aliphatic heterocycles. The number of nitrogens with one attached hydrogen (secondary N) is 2. The van der Waals surface area contributed by atoms with Gasteiger partial charge in [-0.2, -0.15) is 0 Å². The number of likely N-dealkylation sites (N-methyl/N-ethyl adjacent to an activating group) is 1. The summed E-state index contributed by atoms with van der Waals surface area (Å²) in [7, 11) is 0. The Bertz CT molecular complexity index is 586. The van der Waals surface area contributed by atoms with Gasteiger partial charge < -0.3 is 15.5 Å². The van der Waals surface area contributed by atoms with E-state index in [9.17, 15) is 0 Å². The molecule has 1 saturated carbocycles. The van der Waals surface area contributed by atoms with Gasteiger partial charge in [0.1, 0.15) is 0 Å². The molecule has 0 atom stereocenters. The molecule has 150 valence electrons. The second-order valence-corrected chi connectivity index (χ2v) is 7.80. The number of nitrogens with zero attached hydrogens (tertiary/aromatic N) is 3. The van der Waals surface area contributed by atoms with Gasteiger partial charge in [-0.25, -0.2) is 4.99 Å². The van der Waals surface area contributed by atoms with Gasteiger partial charge in [-0.05, 0) is 37.4 Å². The third-order valence-corrected chi connectivity index (χ3v) is 5.87. The molecule has 1 heterocycles. The molecule has 5 heteroatoms. The Balaban J connectivity index is 1.60. The van der Waals surface area contributed by atoms with E-state index in [0.717, 1.165) is 38.7 Å². The molecule has 0 radical (unpaired) electrons. The highest BCUT2D eigenvalue weighted by molar-refractivity contribution is 5.80. The van der Waals surface area contributed by atoms with Crippen molar-refractivity contribution < 1.29 is 0 Å². The molecule has 0 spiro atoms. The van der Waals surface area contributed by atoms with Gasteiger partial charge in [-0.1, -0.05) is 44.0 Å². The normalized spacial score (nSPS) is 20.1. The Hall–Kier alpha value is -1.59. The Morgan fingerprint density at radius 1 is 1.00 bits per heavy atom. The van der Waals surface area contributed by atoms with Crippen molar-refractivity contribution in [1.29, 1.82) is 0 Å². The van der Waals surface area contributed by atoms with Crippen LogP contribution in [0.2, 0.25) is 0 Å². The Labute approximate surface area is 165 Å². The van der Waals surface area contributed by atoms with Gasteiger partial charge in [0.2, 0.25) is 0 Å². The lowest BCUT2D eigenvalue weighted by Gasteiger charge is -2.34. The molecule has 2 N–H and O–H groups in total. The Morgan fingerprint density at radius 3 is 2.33 bits per heavy atom. The summed E-state index contributed by atoms with van der Waals surface area (Å²) in [5, 5.41) is 7.04. The predicted molar refractivity (Wildman–Crippen MR) is 114 cm³/mol. The fourth-order valence-electron chi connectivity index (χ4n) is 4.12. The minimum Gasteiger partial charge on any atom is -0.357 e. The maximum atomic E-state index is 4.89. The fraction of sp³-hybridized carbons (Fsp3) is 0.682. The lowest BCUT2D eigenvalue weighted by molar-refractivity contribution is 0.131. The second kappa shape index (κ2) is 10.7. The lowest BCUT2D eigenvalue weighted by atomic mass is 10.1. The fourth-order valence-corrected chi connectivity index (χ4v) is 4.12. The van der Waals surface area contributed by atoms with Crippen LogP contribution in [0, 0.1) is 0 Å². The van der Waals surface area contributed by atoms with Crippen LogP contribution in [0.4, 0.5) is 0 Å². The van der Waals surface area contributed by atoms with Crippen molar-refractivity contribution >= 4 is 5.96 Å². The zero-order chi connectivity index (χ0) is 18.9. The number of rotatable bonds is 7. The van der Waals surface area contributed by atoms with Crippen molar-refractivity contribution in [3.05, 3.63) is 35.4 Å². The van der Waals surface area contributed by atoms with Gasteiger partial charge in [-0.3, -0.25) is 4.90 Å². The zero-order valence-corrected chi connectivity index (χ0v) is 17.2. The summed E-state index contributed by atoms with van der Waals surface area (Å²) in [5.41, 5.74) is 2.77. The standard InChI is InChI=1S/C22H37N5/c1-3-23-22(25-21-11-7-8-12-21)24-17-19-9-5-6-10-20(19)18-27-15-13-26(4-2)14-16-27/h5-6,9-10,21H,3-4,7-8,11-18H2,1-2H3,(H2,23,24,25). The lowest BCUT2D eigenvalue weighted by Crippen LogP contribution is -2.45. The van der Waals surface area contributed by atoms with Gasteiger partial charge >= 0.3 is 0 Å². The molecular formula is C22H37N5. The summed E-state index contributed by atoms with van der Waals surface area (Å²) in [6.07, 6.45) is 5.21.